The first-order valence-corrected chi connectivity index (χ1v) is 6.41. The van der Waals surface area contributed by atoms with Crippen LogP contribution >= 0.6 is 0 Å². The van der Waals surface area contributed by atoms with Crippen LogP contribution in [0.2, 0.25) is 0 Å². The molecule has 1 aromatic heterocycles. The Labute approximate surface area is 104 Å². The van der Waals surface area contributed by atoms with Gasteiger partial charge in [-0.15, -0.1) is 0 Å². The molecule has 94 valence electrons. The van der Waals surface area contributed by atoms with Crippen molar-refractivity contribution in [2.75, 3.05) is 13.1 Å². The summed E-state index contributed by atoms with van der Waals surface area (Å²) >= 11 is 0. The molecule has 0 spiro atoms. The number of nitrogens with one attached hydrogen (secondary N) is 1. The van der Waals surface area contributed by atoms with E-state index in [0.29, 0.717) is 6.54 Å². The summed E-state index contributed by atoms with van der Waals surface area (Å²) in [7, 11) is 0. The predicted molar refractivity (Wildman–Crippen MR) is 70.1 cm³/mol. The Kier molecular flexibility index (Phi) is 6.48. The highest BCUT2D eigenvalue weighted by Gasteiger charge is 2.06. The van der Waals surface area contributed by atoms with Crippen LogP contribution in [0, 0.1) is 5.92 Å². The Morgan fingerprint density at radius 3 is 2.53 bits per heavy atom. The molecule has 0 aliphatic heterocycles. The Balaban J connectivity index is 2.21. The summed E-state index contributed by atoms with van der Waals surface area (Å²) in [4.78, 5) is 15.6. The first-order chi connectivity index (χ1) is 8.27. The van der Waals surface area contributed by atoms with E-state index in [9.17, 15) is 4.79 Å². The molecule has 1 rings (SSSR count). The van der Waals surface area contributed by atoms with E-state index in [-0.39, 0.29) is 5.78 Å². The van der Waals surface area contributed by atoms with E-state index in [4.69, 9.17) is 0 Å². The van der Waals surface area contributed by atoms with Crippen molar-refractivity contribution in [1.82, 2.24) is 10.3 Å². The molecule has 0 amide bonds. The summed E-state index contributed by atoms with van der Waals surface area (Å²) in [6.07, 6.45) is 6.89. The van der Waals surface area contributed by atoms with Crippen molar-refractivity contribution in [1.29, 1.82) is 0 Å². The summed E-state index contributed by atoms with van der Waals surface area (Å²) in [6.45, 7) is 5.78. The Hall–Kier alpha value is -1.22. The summed E-state index contributed by atoms with van der Waals surface area (Å²) in [6, 6.07) is 3.51. The monoisotopic (exact) mass is 234 g/mol. The van der Waals surface area contributed by atoms with E-state index in [2.05, 4.69) is 24.1 Å². The van der Waals surface area contributed by atoms with Crippen LogP contribution in [0.4, 0.5) is 0 Å². The van der Waals surface area contributed by atoms with Gasteiger partial charge in [-0.2, -0.15) is 0 Å². The average Bonchev–Trinajstić information content (AvgIpc) is 2.40. The van der Waals surface area contributed by atoms with Gasteiger partial charge in [0.2, 0.25) is 0 Å². The molecule has 0 atom stereocenters. The van der Waals surface area contributed by atoms with Crippen LogP contribution in [0.1, 0.15) is 43.5 Å². The fourth-order valence-electron chi connectivity index (χ4n) is 1.84. The van der Waals surface area contributed by atoms with Crippen molar-refractivity contribution in [3.8, 4) is 0 Å². The largest absolute Gasteiger partial charge is 0.310 e. The minimum Gasteiger partial charge on any atom is -0.310 e. The lowest BCUT2D eigenvalue weighted by atomic mass is 10.00. The van der Waals surface area contributed by atoms with Gasteiger partial charge in [0, 0.05) is 18.0 Å². The number of nitrogens with zero attached hydrogens (tertiary/aromatic N) is 1. The third-order valence-corrected chi connectivity index (χ3v) is 3.17. The van der Waals surface area contributed by atoms with E-state index in [0.717, 1.165) is 24.4 Å². The second kappa shape index (κ2) is 7.96. The second-order valence-electron chi connectivity index (χ2n) is 4.31. The topological polar surface area (TPSA) is 42.0 Å². The van der Waals surface area contributed by atoms with Crippen molar-refractivity contribution in [3.05, 3.63) is 30.1 Å². The number of aromatic nitrogens is 1. The molecule has 0 fully saturated rings. The summed E-state index contributed by atoms with van der Waals surface area (Å²) < 4.78 is 0. The van der Waals surface area contributed by atoms with Gasteiger partial charge in [-0.05, 0) is 31.0 Å². The number of hydrogen-bond donors (Lipinski definition) is 1. The van der Waals surface area contributed by atoms with Crippen molar-refractivity contribution in [2.45, 2.75) is 33.1 Å². The third kappa shape index (κ3) is 5.09. The lowest BCUT2D eigenvalue weighted by Crippen LogP contribution is -2.25. The van der Waals surface area contributed by atoms with Crippen LogP contribution in [0.5, 0.6) is 0 Å². The maximum absolute atomic E-state index is 11.7. The highest BCUT2D eigenvalue weighted by Crippen LogP contribution is 2.10. The van der Waals surface area contributed by atoms with Crippen molar-refractivity contribution >= 4 is 5.78 Å². The van der Waals surface area contributed by atoms with Crippen LogP contribution in [0.3, 0.4) is 0 Å². The first-order valence-electron chi connectivity index (χ1n) is 6.41. The Morgan fingerprint density at radius 1 is 1.29 bits per heavy atom. The van der Waals surface area contributed by atoms with E-state index in [1.165, 1.54) is 12.8 Å². The molecule has 3 nitrogen and oxygen atoms in total. The van der Waals surface area contributed by atoms with Gasteiger partial charge < -0.3 is 5.32 Å². The molecule has 0 saturated carbocycles. The summed E-state index contributed by atoms with van der Waals surface area (Å²) in [5, 5.41) is 3.21. The molecule has 0 saturated heterocycles. The zero-order chi connectivity index (χ0) is 12.5. The second-order valence-corrected chi connectivity index (χ2v) is 4.31. The zero-order valence-corrected chi connectivity index (χ0v) is 10.8. The third-order valence-electron chi connectivity index (χ3n) is 3.17. The molecule has 0 bridgehead atoms. The Bertz CT molecular complexity index is 320. The van der Waals surface area contributed by atoms with Crippen LogP contribution in [0.15, 0.2) is 24.5 Å². The molecule has 1 aromatic rings. The maximum Gasteiger partial charge on any atom is 0.176 e. The maximum atomic E-state index is 11.7. The number of ketones is 1. The van der Waals surface area contributed by atoms with Gasteiger partial charge in [0.15, 0.2) is 5.78 Å². The molecule has 0 aliphatic rings. The quantitative estimate of drug-likeness (QED) is 0.555. The van der Waals surface area contributed by atoms with Crippen LogP contribution < -0.4 is 5.32 Å². The van der Waals surface area contributed by atoms with E-state index >= 15 is 0 Å². The Morgan fingerprint density at radius 2 is 1.94 bits per heavy atom. The minimum atomic E-state index is 0.136. The predicted octanol–water partition coefficient (Wildman–Crippen LogP) is 2.68. The SMILES string of the molecule is CCC(CC)CCNCC(=O)c1ccncc1. The summed E-state index contributed by atoms with van der Waals surface area (Å²) in [5.74, 6) is 0.912. The van der Waals surface area contributed by atoms with Crippen LogP contribution in [-0.2, 0) is 0 Å². The van der Waals surface area contributed by atoms with E-state index < -0.39 is 0 Å². The van der Waals surface area contributed by atoms with Crippen molar-refractivity contribution in [2.24, 2.45) is 5.92 Å². The fraction of sp³-hybridized carbons (Fsp3) is 0.571. The van der Waals surface area contributed by atoms with E-state index in [1.54, 1.807) is 24.5 Å². The van der Waals surface area contributed by atoms with E-state index in [1.807, 2.05) is 0 Å². The molecule has 3 heteroatoms. The number of Topliss-reactive ketones (excluding diaryl/α,β-unsaturated/α-hetero) is 1. The van der Waals surface area contributed by atoms with Gasteiger partial charge in [-0.3, -0.25) is 9.78 Å². The highest BCUT2D eigenvalue weighted by atomic mass is 16.1. The van der Waals surface area contributed by atoms with Gasteiger partial charge in [0.05, 0.1) is 6.54 Å². The van der Waals surface area contributed by atoms with Crippen molar-refractivity contribution in [3.63, 3.8) is 0 Å². The first kappa shape index (κ1) is 13.8. The molecule has 1 heterocycles. The van der Waals surface area contributed by atoms with Crippen molar-refractivity contribution < 1.29 is 4.79 Å². The van der Waals surface area contributed by atoms with Gasteiger partial charge in [-0.1, -0.05) is 26.7 Å². The lowest BCUT2D eigenvalue weighted by molar-refractivity contribution is 0.0990. The number of carbonyl (C=O) groups excluding carboxylic acids is 1. The molecule has 0 radical (unpaired) electrons. The molecule has 17 heavy (non-hydrogen) atoms. The smallest absolute Gasteiger partial charge is 0.176 e. The average molecular weight is 234 g/mol. The zero-order valence-electron chi connectivity index (χ0n) is 10.8. The number of rotatable bonds is 8. The highest BCUT2D eigenvalue weighted by molar-refractivity contribution is 5.97. The molecule has 0 aromatic carbocycles. The molecule has 0 aliphatic carbocycles. The van der Waals surface area contributed by atoms with Crippen LogP contribution in [-0.4, -0.2) is 23.9 Å². The van der Waals surface area contributed by atoms with Gasteiger partial charge in [0.25, 0.3) is 0 Å². The molecule has 0 unspecified atom stereocenters. The standard InChI is InChI=1S/C14H22N2O/c1-3-12(4-2)5-8-16-11-14(17)13-6-9-15-10-7-13/h6-7,9-10,12,16H,3-5,8,11H2,1-2H3. The summed E-state index contributed by atoms with van der Waals surface area (Å²) in [5.41, 5.74) is 0.732. The normalized spacial score (nSPS) is 10.8. The molecule has 1 N–H and O–H groups in total. The van der Waals surface area contributed by atoms with Gasteiger partial charge in [-0.25, -0.2) is 0 Å². The molecular formula is C14H22N2O. The number of pyridine rings is 1. The lowest BCUT2D eigenvalue weighted by Gasteiger charge is -2.12. The minimum absolute atomic E-state index is 0.136. The number of carbonyl (C=O) groups is 1. The van der Waals surface area contributed by atoms with Crippen LogP contribution in [0.25, 0.3) is 0 Å². The van der Waals surface area contributed by atoms with Gasteiger partial charge >= 0.3 is 0 Å². The van der Waals surface area contributed by atoms with Gasteiger partial charge in [0.1, 0.15) is 0 Å². The fourth-order valence-corrected chi connectivity index (χ4v) is 1.84. The molecular weight excluding hydrogens is 212 g/mol. The number of hydrogen-bond acceptors (Lipinski definition) is 3.